The van der Waals surface area contributed by atoms with Gasteiger partial charge in [-0.25, -0.2) is 4.98 Å². The van der Waals surface area contributed by atoms with E-state index in [4.69, 9.17) is 0 Å². The van der Waals surface area contributed by atoms with Gasteiger partial charge in [-0.05, 0) is 32.0 Å². The first-order valence-electron chi connectivity index (χ1n) is 7.14. The summed E-state index contributed by atoms with van der Waals surface area (Å²) in [6.45, 7) is 1.69. The Bertz CT molecular complexity index is 575. The highest BCUT2D eigenvalue weighted by atomic mass is 35.5. The average molecular weight is 345 g/mol. The van der Waals surface area contributed by atoms with Gasteiger partial charge in [-0.15, -0.1) is 24.8 Å². The molecule has 0 atom stereocenters. The van der Waals surface area contributed by atoms with Gasteiger partial charge < -0.3 is 14.6 Å². The monoisotopic (exact) mass is 344 g/mol. The highest BCUT2D eigenvalue weighted by Crippen LogP contribution is 2.12. The van der Waals surface area contributed by atoms with Crippen LogP contribution in [0.3, 0.4) is 0 Å². The Morgan fingerprint density at radius 1 is 1.32 bits per heavy atom. The molecule has 0 bridgehead atoms. The summed E-state index contributed by atoms with van der Waals surface area (Å²) >= 11 is 0. The Labute approximate surface area is 142 Å². The first kappa shape index (κ1) is 18.7. The second-order valence-corrected chi connectivity index (χ2v) is 5.32. The van der Waals surface area contributed by atoms with E-state index in [0.29, 0.717) is 12.5 Å². The molecular weight excluding hydrogens is 323 g/mol. The van der Waals surface area contributed by atoms with Crippen molar-refractivity contribution < 1.29 is 4.79 Å². The summed E-state index contributed by atoms with van der Waals surface area (Å²) in [4.78, 5) is 18.7. The van der Waals surface area contributed by atoms with Crippen LogP contribution >= 0.6 is 24.8 Å². The quantitative estimate of drug-likeness (QED) is 0.925. The summed E-state index contributed by atoms with van der Waals surface area (Å²) in [5.41, 5.74) is 1.74. The Hall–Kier alpha value is -1.30. The third kappa shape index (κ3) is 4.12. The van der Waals surface area contributed by atoms with E-state index in [0.717, 1.165) is 37.3 Å². The van der Waals surface area contributed by atoms with Crippen molar-refractivity contribution in [3.8, 4) is 0 Å². The van der Waals surface area contributed by atoms with Gasteiger partial charge in [0.25, 0.3) is 0 Å². The number of imidazole rings is 1. The summed E-state index contributed by atoms with van der Waals surface area (Å²) in [6, 6.07) is 6.42. The van der Waals surface area contributed by atoms with E-state index >= 15 is 0 Å². The van der Waals surface area contributed by atoms with Crippen LogP contribution in [0, 0.1) is 0 Å². The van der Waals surface area contributed by atoms with Crippen LogP contribution < -0.4 is 5.32 Å². The predicted molar refractivity (Wildman–Crippen MR) is 92.1 cm³/mol. The molecule has 0 radical (unpaired) electrons. The molecule has 2 aromatic heterocycles. The van der Waals surface area contributed by atoms with E-state index in [1.54, 1.807) is 0 Å². The van der Waals surface area contributed by atoms with E-state index < -0.39 is 0 Å². The first-order chi connectivity index (χ1) is 9.76. The fourth-order valence-electron chi connectivity index (χ4n) is 2.76. The van der Waals surface area contributed by atoms with Crippen LogP contribution in [0.2, 0.25) is 0 Å². The summed E-state index contributed by atoms with van der Waals surface area (Å²) in [7, 11) is 1.98. The van der Waals surface area contributed by atoms with Gasteiger partial charge in [0.15, 0.2) is 0 Å². The Balaban J connectivity index is 0.00000121. The van der Waals surface area contributed by atoms with Crippen molar-refractivity contribution >= 4 is 36.4 Å². The Morgan fingerprint density at radius 3 is 2.68 bits per heavy atom. The molecular formula is C15H22Cl2N4O. The molecule has 122 valence electrons. The minimum Gasteiger partial charge on any atom is -0.342 e. The fraction of sp³-hybridized carbons (Fsp3) is 0.467. The number of rotatable bonds is 3. The number of halogens is 2. The zero-order valence-corrected chi connectivity index (χ0v) is 14.2. The molecule has 1 aliphatic heterocycles. The zero-order valence-electron chi connectivity index (χ0n) is 12.6. The summed E-state index contributed by atoms with van der Waals surface area (Å²) in [5.74, 6) is 0.183. The van der Waals surface area contributed by atoms with Crippen molar-refractivity contribution in [1.82, 2.24) is 19.6 Å². The number of pyridine rings is 1. The van der Waals surface area contributed by atoms with Crippen LogP contribution in [0.15, 0.2) is 30.6 Å². The highest BCUT2D eigenvalue weighted by Gasteiger charge is 2.22. The number of nitrogens with zero attached hydrogens (tertiary/aromatic N) is 3. The maximum Gasteiger partial charge on any atom is 0.228 e. The third-order valence-electron chi connectivity index (χ3n) is 4.00. The molecule has 2 aromatic rings. The SMILES string of the molecule is CNC1CCN(C(=O)Cc2cn3ccccc3n2)CC1.Cl.Cl. The van der Waals surface area contributed by atoms with Crippen molar-refractivity contribution in [2.45, 2.75) is 25.3 Å². The van der Waals surface area contributed by atoms with Crippen molar-refractivity contribution in [3.05, 3.63) is 36.3 Å². The second-order valence-electron chi connectivity index (χ2n) is 5.32. The van der Waals surface area contributed by atoms with Crippen LogP contribution in [0.5, 0.6) is 0 Å². The molecule has 22 heavy (non-hydrogen) atoms. The lowest BCUT2D eigenvalue weighted by atomic mass is 10.0. The van der Waals surface area contributed by atoms with Gasteiger partial charge >= 0.3 is 0 Å². The van der Waals surface area contributed by atoms with Gasteiger partial charge in [-0.2, -0.15) is 0 Å². The van der Waals surface area contributed by atoms with Crippen LogP contribution in [0.25, 0.3) is 5.65 Å². The van der Waals surface area contributed by atoms with E-state index in [9.17, 15) is 4.79 Å². The summed E-state index contributed by atoms with van der Waals surface area (Å²) in [6.07, 6.45) is 6.36. The Morgan fingerprint density at radius 2 is 2.05 bits per heavy atom. The average Bonchev–Trinajstić information content (AvgIpc) is 2.89. The van der Waals surface area contributed by atoms with Gasteiger partial charge in [0.1, 0.15) is 5.65 Å². The van der Waals surface area contributed by atoms with E-state index in [2.05, 4.69) is 10.3 Å². The van der Waals surface area contributed by atoms with Crippen molar-refractivity contribution in [2.24, 2.45) is 0 Å². The highest BCUT2D eigenvalue weighted by molar-refractivity contribution is 5.85. The number of piperidine rings is 1. The lowest BCUT2D eigenvalue weighted by molar-refractivity contribution is -0.131. The molecule has 1 amide bonds. The number of hydrogen-bond acceptors (Lipinski definition) is 3. The maximum absolute atomic E-state index is 12.3. The largest absolute Gasteiger partial charge is 0.342 e. The molecule has 7 heteroatoms. The number of amides is 1. The third-order valence-corrected chi connectivity index (χ3v) is 4.00. The minimum absolute atomic E-state index is 0. The second kappa shape index (κ2) is 8.36. The number of carbonyl (C=O) groups excluding carboxylic acids is 1. The number of likely N-dealkylation sites (tertiary alicyclic amines) is 1. The van der Waals surface area contributed by atoms with Crippen molar-refractivity contribution in [3.63, 3.8) is 0 Å². The standard InChI is InChI=1S/C15H20N4O.2ClH/c1-16-12-5-8-18(9-6-12)15(20)10-13-11-19-7-3-2-4-14(19)17-13;;/h2-4,7,11-12,16H,5-6,8-10H2,1H3;2*1H. The number of fused-ring (bicyclic) bond motifs is 1. The lowest BCUT2D eigenvalue weighted by Crippen LogP contribution is -2.44. The molecule has 0 spiro atoms. The molecule has 3 heterocycles. The maximum atomic E-state index is 12.3. The molecule has 1 aliphatic rings. The van der Waals surface area contributed by atoms with Gasteiger partial charge in [0.2, 0.25) is 5.91 Å². The molecule has 1 fully saturated rings. The fourth-order valence-corrected chi connectivity index (χ4v) is 2.76. The Kier molecular flexibility index (Phi) is 7.13. The predicted octanol–water partition coefficient (Wildman–Crippen LogP) is 1.93. The number of carbonyl (C=O) groups is 1. The summed E-state index contributed by atoms with van der Waals surface area (Å²) in [5, 5.41) is 3.28. The lowest BCUT2D eigenvalue weighted by Gasteiger charge is -2.31. The molecule has 0 saturated carbocycles. The molecule has 0 aromatic carbocycles. The zero-order chi connectivity index (χ0) is 13.9. The molecule has 1 N–H and O–H groups in total. The normalized spacial score (nSPS) is 15.2. The van der Waals surface area contributed by atoms with Crippen molar-refractivity contribution in [1.29, 1.82) is 0 Å². The van der Waals surface area contributed by atoms with Gasteiger partial charge in [0.05, 0.1) is 12.1 Å². The van der Waals surface area contributed by atoms with Crippen LogP contribution in [0.1, 0.15) is 18.5 Å². The molecule has 3 rings (SSSR count). The van der Waals surface area contributed by atoms with E-state index in [1.807, 2.05) is 46.9 Å². The van der Waals surface area contributed by atoms with Gasteiger partial charge in [-0.1, -0.05) is 6.07 Å². The van der Waals surface area contributed by atoms with Crippen LogP contribution in [-0.4, -0.2) is 46.4 Å². The van der Waals surface area contributed by atoms with Gasteiger partial charge in [-0.3, -0.25) is 4.79 Å². The van der Waals surface area contributed by atoms with Crippen molar-refractivity contribution in [2.75, 3.05) is 20.1 Å². The van der Waals surface area contributed by atoms with Gasteiger partial charge in [0, 0.05) is 31.5 Å². The molecule has 1 saturated heterocycles. The minimum atomic E-state index is 0. The van der Waals surface area contributed by atoms with E-state index in [1.165, 1.54) is 0 Å². The van der Waals surface area contributed by atoms with E-state index in [-0.39, 0.29) is 30.7 Å². The summed E-state index contributed by atoms with van der Waals surface area (Å²) < 4.78 is 1.95. The molecule has 0 unspecified atom stereocenters. The van der Waals surface area contributed by atoms with Crippen LogP contribution in [0.4, 0.5) is 0 Å². The number of aromatic nitrogens is 2. The van der Waals surface area contributed by atoms with Crippen LogP contribution in [-0.2, 0) is 11.2 Å². The number of nitrogens with one attached hydrogen (secondary N) is 1. The molecule has 0 aliphatic carbocycles. The topological polar surface area (TPSA) is 49.6 Å². The molecule has 5 nitrogen and oxygen atoms in total. The first-order valence-corrected chi connectivity index (χ1v) is 7.14. The number of hydrogen-bond donors (Lipinski definition) is 1. The smallest absolute Gasteiger partial charge is 0.228 e.